The summed E-state index contributed by atoms with van der Waals surface area (Å²) in [5.41, 5.74) is 0. The zero-order chi connectivity index (χ0) is 59.6. The number of aliphatic carboxylic acids is 4. The first kappa shape index (κ1) is 96.8. The van der Waals surface area contributed by atoms with Gasteiger partial charge in [-0.1, -0.05) is 387 Å². The van der Waals surface area contributed by atoms with Crippen molar-refractivity contribution in [2.45, 2.75) is 439 Å². The van der Waals surface area contributed by atoms with Crippen LogP contribution < -0.4 is 50.0 Å². The van der Waals surface area contributed by atoms with Crippen molar-refractivity contribution in [3.05, 3.63) is 0 Å². The molecule has 83 heavy (non-hydrogen) atoms. The Morgan fingerprint density at radius 2 is 0.253 bits per heavy atom. The van der Waals surface area contributed by atoms with Crippen LogP contribution in [0.5, 0.6) is 0 Å². The summed E-state index contributed by atoms with van der Waals surface area (Å²) in [4.78, 5) is 40.9. The van der Waals surface area contributed by atoms with Crippen molar-refractivity contribution >= 4 is 23.9 Å². The van der Waals surface area contributed by atoms with Crippen molar-refractivity contribution in [1.82, 2.24) is 0 Å². The fourth-order valence-corrected chi connectivity index (χ4v) is 10.6. The van der Waals surface area contributed by atoms with Crippen molar-refractivity contribution in [1.29, 1.82) is 0 Å². The van der Waals surface area contributed by atoms with Crippen LogP contribution in [0.25, 0.3) is 0 Å². The quantitative estimate of drug-likeness (QED) is 0.0424. The number of hydrogen-bond acceptors (Lipinski definition) is 8. The first-order chi connectivity index (χ1) is 39.1. The molecule has 0 fully saturated rings. The average Bonchev–Trinajstić information content (AvgIpc) is 3.43. The van der Waals surface area contributed by atoms with E-state index in [0.29, 0.717) is 0 Å². The van der Waals surface area contributed by atoms with E-state index in [4.69, 9.17) is 0 Å². The molecule has 1 radical (unpaired) electrons. The number of carbonyl (C=O) groups is 4. The molecule has 9 nitrogen and oxygen atoms in total. The third-order valence-electron chi connectivity index (χ3n) is 15.9. The van der Waals surface area contributed by atoms with Gasteiger partial charge in [0.25, 0.3) is 0 Å². The van der Waals surface area contributed by atoms with Crippen molar-refractivity contribution in [2.75, 3.05) is 0 Å². The molecule has 0 bridgehead atoms. The Balaban J connectivity index is -0.000000183. The van der Waals surface area contributed by atoms with Crippen molar-refractivity contribution in [3.8, 4) is 0 Å². The van der Waals surface area contributed by atoms with Crippen LogP contribution in [0.15, 0.2) is 0 Å². The number of carbonyl (C=O) groups excluding carboxylic acids is 4. The molecule has 0 aliphatic carbocycles. The van der Waals surface area contributed by atoms with Crippen molar-refractivity contribution < 1.29 is 116 Å². The Labute approximate surface area is 573 Å². The van der Waals surface area contributed by atoms with Gasteiger partial charge in [0.1, 0.15) is 0 Å². The van der Waals surface area contributed by atoms with Gasteiger partial charge >= 0.3 is 71.3 Å². The van der Waals surface area contributed by atoms with Gasteiger partial charge in [0, 0.05) is 23.9 Å². The van der Waals surface area contributed by atoms with Gasteiger partial charge in [-0.25, -0.2) is 0 Å². The zero-order valence-corrected chi connectivity index (χ0v) is 61.7. The van der Waals surface area contributed by atoms with Gasteiger partial charge in [0.15, 0.2) is 0 Å². The van der Waals surface area contributed by atoms with Gasteiger partial charge in [-0.3, -0.25) is 0 Å². The van der Waals surface area contributed by atoms with E-state index in [9.17, 15) is 39.6 Å². The maximum Gasteiger partial charge on any atom is 3.00 e. The second-order valence-corrected chi connectivity index (χ2v) is 24.3. The molecule has 0 spiro atoms. The Bertz CT molecular complexity index is 1000. The molecule has 0 saturated heterocycles. The molecule has 2 N–H and O–H groups in total. The van der Waals surface area contributed by atoms with Crippen LogP contribution in [0.3, 0.4) is 0 Å². The van der Waals surface area contributed by atoms with Crippen LogP contribution >= 0.6 is 0 Å². The third-order valence-corrected chi connectivity index (χ3v) is 15.9. The smallest absolute Gasteiger partial charge is 0.550 e. The van der Waals surface area contributed by atoms with E-state index in [1.807, 2.05) is 0 Å². The largest absolute Gasteiger partial charge is 3.00 e. The molecule has 0 unspecified atom stereocenters. The van der Waals surface area contributed by atoms with E-state index >= 15 is 0 Å². The summed E-state index contributed by atoms with van der Waals surface area (Å²) in [7, 11) is 0. The number of carboxylic acid groups (broad SMARTS) is 4. The average molecular weight is 1320 g/mol. The molecule has 0 aliphatic heterocycles. The van der Waals surface area contributed by atoms with Crippen LogP contribution in [0.1, 0.15) is 439 Å². The number of carboxylic acids is 4. The molecule has 0 aromatic carbocycles. The van der Waals surface area contributed by atoms with Crippen LogP contribution in [0.4, 0.5) is 0 Å². The third kappa shape index (κ3) is 114. The molecule has 489 valence electrons. The van der Waals surface area contributed by atoms with Gasteiger partial charge in [-0.05, 0) is 51.4 Å². The number of unbranched alkanes of at least 4 members (excludes halogenated alkanes) is 56. The minimum Gasteiger partial charge on any atom is -0.550 e. The molecule has 0 aromatic rings. The minimum atomic E-state index is -0.903. The molecule has 0 amide bonds. The summed E-state index contributed by atoms with van der Waals surface area (Å²) in [6, 6.07) is 0. The monoisotopic (exact) mass is 1310 g/mol. The van der Waals surface area contributed by atoms with Crippen LogP contribution in [-0.4, -0.2) is 29.4 Å². The van der Waals surface area contributed by atoms with Crippen LogP contribution in [-0.2, 0) is 19.2 Å². The van der Waals surface area contributed by atoms with E-state index in [1.54, 1.807) is 0 Å². The molecular formula is C72H142CeNaO9. The van der Waals surface area contributed by atoms with Gasteiger partial charge in [-0.2, -0.15) is 0 Å². The summed E-state index contributed by atoms with van der Waals surface area (Å²) in [6.07, 6.45) is 79.4. The van der Waals surface area contributed by atoms with E-state index < -0.39 is 23.9 Å². The van der Waals surface area contributed by atoms with Gasteiger partial charge in [-0.15, -0.1) is 0 Å². The molecule has 11 heteroatoms. The van der Waals surface area contributed by atoms with Crippen LogP contribution in [0.2, 0.25) is 0 Å². The minimum absolute atomic E-state index is 0. The fourth-order valence-electron chi connectivity index (χ4n) is 10.6. The summed E-state index contributed by atoms with van der Waals surface area (Å²) in [5.74, 6) is -3.61. The molecule has 0 aliphatic rings. The maximum absolute atomic E-state index is 10.2. The Hall–Kier alpha value is 0.217. The first-order valence-corrected chi connectivity index (χ1v) is 35.9. The van der Waals surface area contributed by atoms with Gasteiger partial charge < -0.3 is 45.1 Å². The standard InChI is InChI=1S/4C18H36O2.Ce.Na.H2O/c4*1-2-3-4-5-6-7-8-9-10-11-12-13-14-15-16-17-18(19)20;;;/h4*2-17H2,1H3,(H,19,20);;;1H2/q;;;;+3;+1;/p-4. The first-order valence-electron chi connectivity index (χ1n) is 35.9. The predicted octanol–water partition coefficient (Wildman–Crippen LogP) is 16.2. The summed E-state index contributed by atoms with van der Waals surface area (Å²) in [6.45, 7) is 9.07. The number of hydrogen-bond donors (Lipinski definition) is 0. The Morgan fingerprint density at radius 1 is 0.181 bits per heavy atom. The molecule has 0 saturated carbocycles. The second-order valence-electron chi connectivity index (χ2n) is 24.3. The predicted molar refractivity (Wildman–Crippen MR) is 342 cm³/mol. The molecule has 0 atom stereocenters. The summed E-state index contributed by atoms with van der Waals surface area (Å²) >= 11 is 0. The SMILES string of the molecule is CCCCCCCCCCCCCCCCCC(=O)[O-].CCCCCCCCCCCCCCCCCC(=O)[O-].CCCCCCCCCCCCCCCCCC(=O)[O-].CCCCCCCCCCCCCCCCCC(=O)[O-].O.[Ce+3].[Na+]. The Morgan fingerprint density at radius 3 is 0.325 bits per heavy atom. The second kappa shape index (κ2) is 93.4. The van der Waals surface area contributed by atoms with E-state index in [2.05, 4.69) is 27.7 Å². The summed E-state index contributed by atoms with van der Waals surface area (Å²) < 4.78 is 0. The molecule has 0 aromatic heterocycles. The Kier molecular flexibility index (Phi) is 109. The molecule has 0 heterocycles. The van der Waals surface area contributed by atoms with Gasteiger partial charge in [0.05, 0.1) is 0 Å². The fraction of sp³-hybridized carbons (Fsp3) is 0.944. The normalized spacial score (nSPS) is 10.5. The van der Waals surface area contributed by atoms with Crippen molar-refractivity contribution in [3.63, 3.8) is 0 Å². The van der Waals surface area contributed by atoms with Gasteiger partial charge in [0.2, 0.25) is 0 Å². The van der Waals surface area contributed by atoms with Crippen LogP contribution in [0, 0.1) is 41.7 Å². The molecular weight excluding hydrogens is 1170 g/mol. The maximum atomic E-state index is 10.2. The molecule has 0 rings (SSSR count). The van der Waals surface area contributed by atoms with E-state index in [1.165, 1.54) is 334 Å². The zero-order valence-electron chi connectivity index (χ0n) is 56.5. The summed E-state index contributed by atoms with van der Waals surface area (Å²) in [5, 5.41) is 40.9. The topological polar surface area (TPSA) is 192 Å². The van der Waals surface area contributed by atoms with E-state index in [-0.39, 0.29) is 102 Å². The van der Waals surface area contributed by atoms with E-state index in [0.717, 1.165) is 51.4 Å². The number of rotatable bonds is 64. The van der Waals surface area contributed by atoms with Crippen molar-refractivity contribution in [2.24, 2.45) is 0 Å².